The van der Waals surface area contributed by atoms with Crippen LogP contribution >= 0.6 is 0 Å². The van der Waals surface area contributed by atoms with E-state index in [1.54, 1.807) is 19.9 Å². The Morgan fingerprint density at radius 3 is 2.69 bits per heavy atom. The lowest BCUT2D eigenvalue weighted by molar-refractivity contribution is -0.116. The number of aryl methyl sites for hydroxylation is 2. The van der Waals surface area contributed by atoms with Crippen LogP contribution in [-0.4, -0.2) is 25.7 Å². The molecule has 140 valence electrons. The van der Waals surface area contributed by atoms with Gasteiger partial charge in [0.15, 0.2) is 0 Å². The van der Waals surface area contributed by atoms with Crippen molar-refractivity contribution in [2.24, 2.45) is 5.92 Å². The molecule has 7 heteroatoms. The zero-order chi connectivity index (χ0) is 18.7. The highest BCUT2D eigenvalue weighted by Crippen LogP contribution is 2.27. The van der Waals surface area contributed by atoms with Crippen molar-refractivity contribution >= 4 is 11.7 Å². The summed E-state index contributed by atoms with van der Waals surface area (Å²) in [5.41, 5.74) is 1.77. The molecule has 0 spiro atoms. The average molecular weight is 357 g/mol. The number of rotatable bonds is 5. The summed E-state index contributed by atoms with van der Waals surface area (Å²) in [4.78, 5) is 31.5. The van der Waals surface area contributed by atoms with Crippen molar-refractivity contribution in [3.8, 4) is 5.95 Å². The quantitative estimate of drug-likeness (QED) is 0.859. The SMILES string of the molecule is Cc1cc(NC(=O)CCC2CCCCC2)n(-c2nc(C)c(C)c(=O)[nH]2)n1. The molecule has 26 heavy (non-hydrogen) atoms. The number of hydrogen-bond acceptors (Lipinski definition) is 4. The summed E-state index contributed by atoms with van der Waals surface area (Å²) in [7, 11) is 0. The molecule has 2 N–H and O–H groups in total. The second-order valence-corrected chi connectivity index (χ2v) is 7.27. The fraction of sp³-hybridized carbons (Fsp3) is 0.579. The van der Waals surface area contributed by atoms with Crippen molar-refractivity contribution < 1.29 is 4.79 Å². The molecule has 0 aromatic carbocycles. The largest absolute Gasteiger partial charge is 0.310 e. The Morgan fingerprint density at radius 1 is 1.27 bits per heavy atom. The van der Waals surface area contributed by atoms with E-state index in [-0.39, 0.29) is 11.5 Å². The van der Waals surface area contributed by atoms with Crippen LogP contribution in [0.5, 0.6) is 0 Å². The molecule has 0 radical (unpaired) electrons. The van der Waals surface area contributed by atoms with Gasteiger partial charge in [-0.25, -0.2) is 4.98 Å². The van der Waals surface area contributed by atoms with Crippen molar-refractivity contribution in [3.63, 3.8) is 0 Å². The van der Waals surface area contributed by atoms with Crippen molar-refractivity contribution in [2.75, 3.05) is 5.32 Å². The van der Waals surface area contributed by atoms with Gasteiger partial charge in [0.05, 0.1) is 5.69 Å². The van der Waals surface area contributed by atoms with E-state index in [1.807, 2.05) is 6.92 Å². The Morgan fingerprint density at radius 2 is 2.00 bits per heavy atom. The molecule has 3 rings (SSSR count). The third-order valence-electron chi connectivity index (χ3n) is 5.19. The van der Waals surface area contributed by atoms with E-state index in [0.717, 1.165) is 12.1 Å². The van der Waals surface area contributed by atoms with Gasteiger partial charge in [0.25, 0.3) is 5.56 Å². The van der Waals surface area contributed by atoms with E-state index < -0.39 is 0 Å². The zero-order valence-electron chi connectivity index (χ0n) is 15.8. The minimum atomic E-state index is -0.199. The van der Waals surface area contributed by atoms with Gasteiger partial charge in [-0.3, -0.25) is 14.6 Å². The Kier molecular flexibility index (Phi) is 5.54. The molecule has 2 aromatic heterocycles. The van der Waals surface area contributed by atoms with E-state index in [1.165, 1.54) is 36.8 Å². The lowest BCUT2D eigenvalue weighted by Crippen LogP contribution is -2.21. The number of nitrogens with zero attached hydrogens (tertiary/aromatic N) is 3. The van der Waals surface area contributed by atoms with Gasteiger partial charge < -0.3 is 5.32 Å². The first kappa shape index (κ1) is 18.4. The van der Waals surface area contributed by atoms with Crippen molar-refractivity contribution in [3.05, 3.63) is 33.4 Å². The highest BCUT2D eigenvalue weighted by atomic mass is 16.1. The third-order valence-corrected chi connectivity index (χ3v) is 5.19. The predicted molar refractivity (Wildman–Crippen MR) is 101 cm³/mol. The first-order chi connectivity index (χ1) is 12.4. The van der Waals surface area contributed by atoms with Crippen LogP contribution < -0.4 is 10.9 Å². The molecule has 1 fully saturated rings. The molecular formula is C19H27N5O2. The first-order valence-corrected chi connectivity index (χ1v) is 9.38. The number of nitrogens with one attached hydrogen (secondary N) is 2. The number of carbonyl (C=O) groups excluding carboxylic acids is 1. The summed E-state index contributed by atoms with van der Waals surface area (Å²) in [5, 5.41) is 7.29. The maximum Gasteiger partial charge on any atom is 0.255 e. The van der Waals surface area contributed by atoms with Crippen LogP contribution in [0.3, 0.4) is 0 Å². The van der Waals surface area contributed by atoms with Gasteiger partial charge in [-0.15, -0.1) is 0 Å². The predicted octanol–water partition coefficient (Wildman–Crippen LogP) is 3.18. The standard InChI is InChI=1S/C19H27N5O2/c1-12-11-16(21-17(25)10-9-15-7-5-4-6-8-15)24(23-12)19-20-14(3)13(2)18(26)22-19/h11,15H,4-10H2,1-3H3,(H,21,25)(H,20,22,26). The van der Waals surface area contributed by atoms with Gasteiger partial charge in [0, 0.05) is 23.7 Å². The molecule has 0 saturated heterocycles. The van der Waals surface area contributed by atoms with E-state index in [9.17, 15) is 9.59 Å². The first-order valence-electron chi connectivity index (χ1n) is 9.38. The average Bonchev–Trinajstić information content (AvgIpc) is 2.98. The van der Waals surface area contributed by atoms with Gasteiger partial charge >= 0.3 is 0 Å². The van der Waals surface area contributed by atoms with Gasteiger partial charge in [-0.1, -0.05) is 32.1 Å². The van der Waals surface area contributed by atoms with Gasteiger partial charge in [0.1, 0.15) is 5.82 Å². The van der Waals surface area contributed by atoms with Crippen LogP contribution in [0, 0.1) is 26.7 Å². The molecule has 1 amide bonds. The molecule has 0 unspecified atom stereocenters. The maximum atomic E-state index is 12.4. The summed E-state index contributed by atoms with van der Waals surface area (Å²) in [6.45, 7) is 5.35. The highest BCUT2D eigenvalue weighted by molar-refractivity contribution is 5.90. The second-order valence-electron chi connectivity index (χ2n) is 7.27. The van der Waals surface area contributed by atoms with E-state index in [4.69, 9.17) is 0 Å². The smallest absolute Gasteiger partial charge is 0.255 e. The number of carbonyl (C=O) groups is 1. The zero-order valence-corrected chi connectivity index (χ0v) is 15.8. The van der Waals surface area contributed by atoms with E-state index >= 15 is 0 Å². The minimum Gasteiger partial charge on any atom is -0.310 e. The second kappa shape index (κ2) is 7.85. The maximum absolute atomic E-state index is 12.4. The number of anilines is 1. The molecule has 0 aliphatic heterocycles. The topological polar surface area (TPSA) is 92.7 Å². The molecule has 0 atom stereocenters. The Balaban J connectivity index is 1.73. The molecule has 1 aliphatic carbocycles. The van der Waals surface area contributed by atoms with Crippen molar-refractivity contribution in [1.82, 2.24) is 19.7 Å². The number of aromatic nitrogens is 4. The lowest BCUT2D eigenvalue weighted by atomic mass is 9.86. The molecule has 1 aliphatic rings. The monoisotopic (exact) mass is 357 g/mol. The van der Waals surface area contributed by atoms with Crippen LogP contribution in [0.25, 0.3) is 5.95 Å². The summed E-state index contributed by atoms with van der Waals surface area (Å²) >= 11 is 0. The highest BCUT2D eigenvalue weighted by Gasteiger charge is 2.17. The summed E-state index contributed by atoms with van der Waals surface area (Å²) in [6, 6.07) is 1.79. The molecule has 2 heterocycles. The van der Waals surface area contributed by atoms with Crippen LogP contribution in [0.2, 0.25) is 0 Å². The Labute approximate surface area is 153 Å². The summed E-state index contributed by atoms with van der Waals surface area (Å²) in [6.07, 6.45) is 7.79. The fourth-order valence-corrected chi connectivity index (χ4v) is 3.50. The van der Waals surface area contributed by atoms with E-state index in [2.05, 4.69) is 20.4 Å². The Hall–Kier alpha value is -2.44. The number of amides is 1. The fourth-order valence-electron chi connectivity index (χ4n) is 3.50. The third kappa shape index (κ3) is 4.20. The van der Waals surface area contributed by atoms with Crippen LogP contribution in [0.4, 0.5) is 5.82 Å². The lowest BCUT2D eigenvalue weighted by Gasteiger charge is -2.21. The van der Waals surface area contributed by atoms with Gasteiger partial charge in [-0.05, 0) is 33.1 Å². The van der Waals surface area contributed by atoms with Crippen LogP contribution in [0.1, 0.15) is 61.9 Å². The molecule has 0 bridgehead atoms. The molecule has 1 saturated carbocycles. The number of aromatic amines is 1. The minimum absolute atomic E-state index is 0.0251. The number of hydrogen-bond donors (Lipinski definition) is 2. The Bertz CT molecular complexity index is 846. The van der Waals surface area contributed by atoms with Crippen LogP contribution in [-0.2, 0) is 4.79 Å². The number of H-pyrrole nitrogens is 1. The van der Waals surface area contributed by atoms with Crippen molar-refractivity contribution in [2.45, 2.75) is 65.7 Å². The van der Waals surface area contributed by atoms with Gasteiger partial charge in [0.2, 0.25) is 11.9 Å². The summed E-state index contributed by atoms with van der Waals surface area (Å²) in [5.74, 6) is 1.48. The molecule has 7 nitrogen and oxygen atoms in total. The van der Waals surface area contributed by atoms with Crippen molar-refractivity contribution in [1.29, 1.82) is 0 Å². The molecule has 2 aromatic rings. The summed E-state index contributed by atoms with van der Waals surface area (Å²) < 4.78 is 1.49. The van der Waals surface area contributed by atoms with Crippen LogP contribution in [0.15, 0.2) is 10.9 Å². The van der Waals surface area contributed by atoms with Gasteiger partial charge in [-0.2, -0.15) is 9.78 Å². The molecular weight excluding hydrogens is 330 g/mol. The van der Waals surface area contributed by atoms with E-state index in [0.29, 0.717) is 35.4 Å². The normalized spacial score (nSPS) is 15.2.